The van der Waals surface area contributed by atoms with Crippen molar-refractivity contribution in [2.75, 3.05) is 7.11 Å². The molecule has 0 aliphatic carbocycles. The smallest absolute Gasteiger partial charge is 0.326 e. The van der Waals surface area contributed by atoms with Gasteiger partial charge in [-0.1, -0.05) is 60.7 Å². The third-order valence-electron chi connectivity index (χ3n) is 5.62. The van der Waals surface area contributed by atoms with Gasteiger partial charge in [0.05, 0.1) is 13.2 Å². The van der Waals surface area contributed by atoms with Crippen molar-refractivity contribution >= 4 is 11.9 Å². The molecule has 1 amide bonds. The molecule has 3 aromatic rings. The molecule has 5 heteroatoms. The van der Waals surface area contributed by atoms with E-state index in [1.165, 1.54) is 4.90 Å². The number of carboxylic acid groups (broad SMARTS) is 1. The zero-order valence-corrected chi connectivity index (χ0v) is 16.7. The summed E-state index contributed by atoms with van der Waals surface area (Å²) in [7, 11) is 1.57. The molecule has 5 nitrogen and oxygen atoms in total. The molecule has 3 aromatic carbocycles. The van der Waals surface area contributed by atoms with Crippen LogP contribution in [0.2, 0.25) is 0 Å². The van der Waals surface area contributed by atoms with Crippen LogP contribution >= 0.6 is 0 Å². The normalized spacial score (nSPS) is 18.2. The number of hydrogen-bond acceptors (Lipinski definition) is 3. The first-order valence-electron chi connectivity index (χ1n) is 9.94. The van der Waals surface area contributed by atoms with E-state index in [2.05, 4.69) is 0 Å². The van der Waals surface area contributed by atoms with Crippen molar-refractivity contribution in [3.8, 4) is 16.9 Å². The Morgan fingerprint density at radius 3 is 2.23 bits per heavy atom. The van der Waals surface area contributed by atoms with Crippen molar-refractivity contribution < 1.29 is 19.4 Å². The predicted octanol–water partition coefficient (Wildman–Crippen LogP) is 4.79. The molecule has 4 rings (SSSR count). The monoisotopic (exact) mass is 401 g/mol. The highest BCUT2D eigenvalue weighted by atomic mass is 16.5. The number of methoxy groups -OCH3 is 1. The molecule has 1 aliphatic heterocycles. The lowest BCUT2D eigenvalue weighted by Crippen LogP contribution is -2.41. The number of hydrogen-bond donors (Lipinski definition) is 1. The highest BCUT2D eigenvalue weighted by molar-refractivity contribution is 5.98. The Kier molecular flexibility index (Phi) is 5.53. The largest absolute Gasteiger partial charge is 0.496 e. The van der Waals surface area contributed by atoms with Crippen LogP contribution in [0.15, 0.2) is 78.9 Å². The fourth-order valence-corrected chi connectivity index (χ4v) is 4.17. The van der Waals surface area contributed by atoms with Crippen LogP contribution in [0.5, 0.6) is 5.75 Å². The molecule has 1 N–H and O–H groups in total. The van der Waals surface area contributed by atoms with Crippen molar-refractivity contribution in [1.29, 1.82) is 0 Å². The number of aliphatic carboxylic acids is 1. The van der Waals surface area contributed by atoms with Gasteiger partial charge < -0.3 is 14.7 Å². The first-order valence-corrected chi connectivity index (χ1v) is 9.94. The molecule has 0 bridgehead atoms. The lowest BCUT2D eigenvalue weighted by Gasteiger charge is -2.29. The number of likely N-dealkylation sites (tertiary alicyclic amines) is 1. The second-order valence-corrected chi connectivity index (χ2v) is 7.35. The minimum absolute atomic E-state index is 0.264. The fraction of sp³-hybridized carbons (Fsp3) is 0.200. The van der Waals surface area contributed by atoms with Crippen LogP contribution in [-0.2, 0) is 4.79 Å². The molecule has 0 aromatic heterocycles. The van der Waals surface area contributed by atoms with Gasteiger partial charge in [0.2, 0.25) is 0 Å². The van der Waals surface area contributed by atoms with Crippen LogP contribution in [0.1, 0.15) is 34.8 Å². The maximum absolute atomic E-state index is 13.5. The first-order chi connectivity index (χ1) is 14.6. The number of ether oxygens (including phenoxy) is 1. The van der Waals surface area contributed by atoms with Gasteiger partial charge in [-0.3, -0.25) is 4.79 Å². The van der Waals surface area contributed by atoms with Gasteiger partial charge in [0.15, 0.2) is 0 Å². The summed E-state index contributed by atoms with van der Waals surface area (Å²) in [5.41, 5.74) is 3.23. The van der Waals surface area contributed by atoms with E-state index < -0.39 is 12.0 Å². The van der Waals surface area contributed by atoms with Gasteiger partial charge >= 0.3 is 5.97 Å². The van der Waals surface area contributed by atoms with Gasteiger partial charge in [0, 0.05) is 11.1 Å². The number of carbonyl (C=O) groups is 2. The summed E-state index contributed by atoms with van der Waals surface area (Å²) < 4.78 is 5.55. The Bertz CT molecular complexity index is 1050. The summed E-state index contributed by atoms with van der Waals surface area (Å²) in [5.74, 6) is -0.698. The van der Waals surface area contributed by atoms with Crippen molar-refractivity contribution in [3.63, 3.8) is 0 Å². The molecule has 1 fully saturated rings. The average molecular weight is 401 g/mol. The molecule has 0 saturated carbocycles. The molecule has 152 valence electrons. The fourth-order valence-electron chi connectivity index (χ4n) is 4.17. The molecule has 1 saturated heterocycles. The third kappa shape index (κ3) is 3.66. The van der Waals surface area contributed by atoms with Gasteiger partial charge in [-0.15, -0.1) is 0 Å². The Morgan fingerprint density at radius 2 is 1.60 bits per heavy atom. The van der Waals surface area contributed by atoms with E-state index >= 15 is 0 Å². The molecule has 1 heterocycles. The Hall–Kier alpha value is -3.60. The summed E-state index contributed by atoms with van der Waals surface area (Å²) in [4.78, 5) is 26.8. The van der Waals surface area contributed by atoms with Crippen LogP contribution in [-0.4, -0.2) is 35.0 Å². The molecule has 1 aliphatic rings. The Morgan fingerprint density at radius 1 is 0.933 bits per heavy atom. The van der Waals surface area contributed by atoms with Crippen LogP contribution in [0.25, 0.3) is 11.1 Å². The van der Waals surface area contributed by atoms with Crippen molar-refractivity contribution in [1.82, 2.24) is 4.90 Å². The maximum atomic E-state index is 13.5. The maximum Gasteiger partial charge on any atom is 0.326 e. The summed E-state index contributed by atoms with van der Waals surface area (Å²) in [6, 6.07) is 23.6. The second-order valence-electron chi connectivity index (χ2n) is 7.35. The molecule has 2 atom stereocenters. The van der Waals surface area contributed by atoms with Gasteiger partial charge in [-0.25, -0.2) is 4.79 Å². The van der Waals surface area contributed by atoms with E-state index in [4.69, 9.17) is 4.74 Å². The summed E-state index contributed by atoms with van der Waals surface area (Å²) in [6.45, 7) is 0. The number of nitrogens with zero attached hydrogens (tertiary/aromatic N) is 1. The summed E-state index contributed by atoms with van der Waals surface area (Å²) in [6.07, 6.45) is 1.05. The zero-order chi connectivity index (χ0) is 21.1. The number of rotatable bonds is 5. The van der Waals surface area contributed by atoms with Crippen molar-refractivity contribution in [2.24, 2.45) is 0 Å². The van der Waals surface area contributed by atoms with Gasteiger partial charge in [0.25, 0.3) is 5.91 Å². The topological polar surface area (TPSA) is 66.8 Å². The van der Waals surface area contributed by atoms with Gasteiger partial charge in [-0.2, -0.15) is 0 Å². The van der Waals surface area contributed by atoms with Crippen LogP contribution in [0.4, 0.5) is 0 Å². The molecule has 0 spiro atoms. The highest BCUT2D eigenvalue weighted by Gasteiger charge is 2.42. The Labute approximate surface area is 175 Å². The summed E-state index contributed by atoms with van der Waals surface area (Å²) >= 11 is 0. The molecule has 0 radical (unpaired) electrons. The molecule has 2 unspecified atom stereocenters. The second kappa shape index (κ2) is 8.41. The molecular weight excluding hydrogens is 378 g/mol. The van der Waals surface area contributed by atoms with Crippen LogP contribution in [0, 0.1) is 0 Å². The lowest BCUT2D eigenvalue weighted by molar-refractivity contribution is -0.141. The van der Waals surface area contributed by atoms with Crippen molar-refractivity contribution in [2.45, 2.75) is 24.9 Å². The summed E-state index contributed by atoms with van der Waals surface area (Å²) in [5, 5.41) is 9.72. The van der Waals surface area contributed by atoms with Crippen LogP contribution < -0.4 is 4.74 Å². The van der Waals surface area contributed by atoms with E-state index in [1.54, 1.807) is 19.2 Å². The lowest BCUT2D eigenvalue weighted by atomic mass is 10.0. The SMILES string of the molecule is COc1cc(C(=O)N2C(C(=O)O)CCC2c2ccccc2)ccc1-c1ccccc1. The third-order valence-corrected chi connectivity index (χ3v) is 5.62. The van der Waals surface area contributed by atoms with E-state index in [1.807, 2.05) is 66.7 Å². The van der Waals surface area contributed by atoms with E-state index in [0.717, 1.165) is 16.7 Å². The minimum Gasteiger partial charge on any atom is -0.496 e. The van der Waals surface area contributed by atoms with E-state index in [9.17, 15) is 14.7 Å². The standard InChI is InChI=1S/C25H23NO4/c1-30-23-16-19(12-13-20(23)17-8-4-2-5-9-17)24(27)26-21(14-15-22(26)25(28)29)18-10-6-3-7-11-18/h2-13,16,21-22H,14-15H2,1H3,(H,28,29). The number of benzene rings is 3. The molecular formula is C25H23NO4. The first kappa shape index (κ1) is 19.7. The Balaban J connectivity index is 1.71. The van der Waals surface area contributed by atoms with E-state index in [0.29, 0.717) is 24.2 Å². The van der Waals surface area contributed by atoms with E-state index in [-0.39, 0.29) is 11.9 Å². The van der Waals surface area contributed by atoms with Gasteiger partial charge in [0.1, 0.15) is 11.8 Å². The van der Waals surface area contributed by atoms with Crippen LogP contribution in [0.3, 0.4) is 0 Å². The highest BCUT2D eigenvalue weighted by Crippen LogP contribution is 2.38. The predicted molar refractivity (Wildman–Crippen MR) is 114 cm³/mol. The van der Waals surface area contributed by atoms with Crippen molar-refractivity contribution in [3.05, 3.63) is 90.0 Å². The number of carbonyl (C=O) groups excluding carboxylic acids is 1. The zero-order valence-electron chi connectivity index (χ0n) is 16.7. The molecule has 30 heavy (non-hydrogen) atoms. The quantitative estimate of drug-likeness (QED) is 0.667. The average Bonchev–Trinajstić information content (AvgIpc) is 3.25. The van der Waals surface area contributed by atoms with Gasteiger partial charge in [-0.05, 0) is 42.2 Å². The number of amides is 1. The number of carboxylic acids is 1. The minimum atomic E-state index is -0.977.